The lowest BCUT2D eigenvalue weighted by Crippen LogP contribution is -2.48. The Bertz CT molecular complexity index is 867. The highest BCUT2D eigenvalue weighted by Gasteiger charge is 2.32. The number of benzene rings is 3. The Kier molecular flexibility index (Phi) is 9.64. The molecular weight excluding hydrogens is 488 g/mol. The summed E-state index contributed by atoms with van der Waals surface area (Å²) in [5.74, 6) is 0. The van der Waals surface area contributed by atoms with E-state index in [-0.39, 0.29) is 0 Å². The molecule has 182 valence electrons. The molecule has 0 saturated carbocycles. The van der Waals surface area contributed by atoms with Crippen LogP contribution in [0.4, 0.5) is 0 Å². The molecule has 0 aromatic heterocycles. The molecule has 0 unspecified atom stereocenters. The molecular formula is C27H39O3PSi3. The summed E-state index contributed by atoms with van der Waals surface area (Å²) in [5.41, 5.74) is 0. The Morgan fingerprint density at radius 2 is 0.676 bits per heavy atom. The van der Waals surface area contributed by atoms with Gasteiger partial charge in [-0.05, 0) is 0 Å². The van der Waals surface area contributed by atoms with Crippen LogP contribution in [-0.4, -0.2) is 42.9 Å². The molecule has 0 amide bonds. The van der Waals surface area contributed by atoms with E-state index >= 15 is 0 Å². The van der Waals surface area contributed by atoms with Gasteiger partial charge in [-0.2, -0.15) is 0 Å². The molecule has 0 N–H and O–H groups in total. The zero-order chi connectivity index (χ0) is 24.7. The van der Waals surface area contributed by atoms with Crippen molar-refractivity contribution in [3.8, 4) is 0 Å². The Balaban J connectivity index is 1.70. The summed E-state index contributed by atoms with van der Waals surface area (Å²) in [5, 5.41) is 4.17. The minimum atomic E-state index is -1.76. The van der Waals surface area contributed by atoms with Gasteiger partial charge in [0.2, 0.25) is 0 Å². The van der Waals surface area contributed by atoms with Crippen LogP contribution in [0.15, 0.2) is 91.0 Å². The zero-order valence-corrected chi connectivity index (χ0v) is 25.3. The fraction of sp³-hybridized carbons (Fsp3) is 0.333. The van der Waals surface area contributed by atoms with Crippen LogP contribution in [0.5, 0.6) is 0 Å². The average molecular weight is 527 g/mol. The summed E-state index contributed by atoms with van der Waals surface area (Å²) < 4.78 is 19.4. The normalized spacial score (nSPS) is 12.8. The third-order valence-electron chi connectivity index (χ3n) is 6.26. The van der Waals surface area contributed by atoms with Crippen LogP contribution in [0.3, 0.4) is 0 Å². The molecule has 34 heavy (non-hydrogen) atoms. The first-order valence-electron chi connectivity index (χ1n) is 12.0. The summed E-state index contributed by atoms with van der Waals surface area (Å²) in [6.45, 7) is 14.1. The van der Waals surface area contributed by atoms with E-state index in [1.165, 1.54) is 15.6 Å². The lowest BCUT2D eigenvalue weighted by Gasteiger charge is -2.30. The molecule has 0 aliphatic carbocycles. The lowest BCUT2D eigenvalue weighted by molar-refractivity contribution is 0.208. The highest BCUT2D eigenvalue weighted by molar-refractivity contribution is 7.42. The van der Waals surface area contributed by atoms with Gasteiger partial charge < -0.3 is 13.6 Å². The second kappa shape index (κ2) is 12.0. The highest BCUT2D eigenvalue weighted by atomic mass is 31.2. The van der Waals surface area contributed by atoms with Crippen molar-refractivity contribution in [2.75, 3.05) is 18.7 Å². The fourth-order valence-electron chi connectivity index (χ4n) is 3.67. The third-order valence-corrected chi connectivity index (χ3v) is 16.3. The van der Waals surface area contributed by atoms with Crippen LogP contribution in [0, 0.1) is 0 Å². The minimum absolute atomic E-state index is 0.684. The van der Waals surface area contributed by atoms with E-state index in [1.807, 2.05) is 0 Å². The van der Waals surface area contributed by atoms with Gasteiger partial charge in [0, 0.05) is 0 Å². The maximum Gasteiger partial charge on any atom is 0.331 e. The first kappa shape index (κ1) is 27.2. The Morgan fingerprint density at radius 1 is 0.441 bits per heavy atom. The van der Waals surface area contributed by atoms with Crippen LogP contribution < -0.4 is 15.6 Å². The topological polar surface area (TPSA) is 27.7 Å². The summed E-state index contributed by atoms with van der Waals surface area (Å²) in [4.78, 5) is 0. The van der Waals surface area contributed by atoms with E-state index in [2.05, 4.69) is 130 Å². The molecule has 7 heteroatoms. The molecule has 3 rings (SSSR count). The molecule has 0 aliphatic rings. The van der Waals surface area contributed by atoms with Crippen molar-refractivity contribution < 1.29 is 13.6 Å². The smallest absolute Gasteiger partial charge is 0.315 e. The lowest BCUT2D eigenvalue weighted by atomic mass is 10.4. The first-order valence-corrected chi connectivity index (χ1v) is 22.7. The van der Waals surface area contributed by atoms with E-state index in [0.29, 0.717) is 18.7 Å². The minimum Gasteiger partial charge on any atom is -0.315 e. The predicted octanol–water partition coefficient (Wildman–Crippen LogP) is 5.73. The van der Waals surface area contributed by atoms with E-state index in [4.69, 9.17) is 13.6 Å². The Labute approximate surface area is 210 Å². The highest BCUT2D eigenvalue weighted by Crippen LogP contribution is 2.41. The summed E-state index contributed by atoms with van der Waals surface area (Å²) in [7, 11) is -6.71. The number of hydrogen-bond acceptors (Lipinski definition) is 3. The average Bonchev–Trinajstić information content (AvgIpc) is 2.85. The fourth-order valence-corrected chi connectivity index (χ4v) is 12.8. The van der Waals surface area contributed by atoms with E-state index in [9.17, 15) is 0 Å². The van der Waals surface area contributed by atoms with Crippen molar-refractivity contribution in [2.24, 2.45) is 0 Å². The molecule has 3 aromatic rings. The van der Waals surface area contributed by atoms with Gasteiger partial charge in [-0.15, -0.1) is 0 Å². The zero-order valence-electron chi connectivity index (χ0n) is 21.5. The van der Waals surface area contributed by atoms with Crippen LogP contribution in [0.2, 0.25) is 39.3 Å². The maximum atomic E-state index is 6.45. The molecule has 3 aromatic carbocycles. The van der Waals surface area contributed by atoms with Gasteiger partial charge in [0.1, 0.15) is 24.2 Å². The standard InChI is InChI=1S/C27H39O3PSi3/c1-32(2,25-16-10-7-11-17-25)22-28-31(29-23-33(3,4)26-18-12-8-13-19-26)30-24-34(5,6)27-20-14-9-15-21-27/h7-21H,22-24H2,1-6H3. The second-order valence-corrected chi connectivity index (χ2v) is 25.9. The van der Waals surface area contributed by atoms with Crippen molar-refractivity contribution in [1.82, 2.24) is 0 Å². The Morgan fingerprint density at radius 3 is 0.912 bits per heavy atom. The van der Waals surface area contributed by atoms with E-state index in [1.54, 1.807) is 0 Å². The van der Waals surface area contributed by atoms with Gasteiger partial charge in [0.15, 0.2) is 0 Å². The first-order chi connectivity index (χ1) is 16.1. The van der Waals surface area contributed by atoms with Crippen molar-refractivity contribution in [3.63, 3.8) is 0 Å². The number of rotatable bonds is 12. The van der Waals surface area contributed by atoms with Crippen LogP contribution in [-0.2, 0) is 13.6 Å². The number of hydrogen-bond donors (Lipinski definition) is 0. The van der Waals surface area contributed by atoms with Gasteiger partial charge in [-0.1, -0.05) is 146 Å². The van der Waals surface area contributed by atoms with Gasteiger partial charge >= 0.3 is 8.60 Å². The van der Waals surface area contributed by atoms with E-state index in [0.717, 1.165) is 0 Å². The van der Waals surface area contributed by atoms with Crippen LogP contribution in [0.25, 0.3) is 0 Å². The summed E-state index contributed by atoms with van der Waals surface area (Å²) in [6, 6.07) is 32.2. The van der Waals surface area contributed by atoms with Gasteiger partial charge in [0.05, 0.1) is 18.7 Å². The molecule has 0 aliphatic heterocycles. The third kappa shape index (κ3) is 7.82. The molecule has 0 radical (unpaired) electrons. The largest absolute Gasteiger partial charge is 0.331 e. The van der Waals surface area contributed by atoms with Gasteiger partial charge in [-0.3, -0.25) is 0 Å². The monoisotopic (exact) mass is 526 g/mol. The second-order valence-electron chi connectivity index (χ2n) is 10.8. The molecule has 0 bridgehead atoms. The Hall–Kier alpha value is -1.38. The van der Waals surface area contributed by atoms with Crippen molar-refractivity contribution in [3.05, 3.63) is 91.0 Å². The van der Waals surface area contributed by atoms with E-state index < -0.39 is 32.8 Å². The van der Waals surface area contributed by atoms with Gasteiger partial charge in [-0.25, -0.2) is 0 Å². The van der Waals surface area contributed by atoms with Gasteiger partial charge in [0.25, 0.3) is 0 Å². The summed E-state index contributed by atoms with van der Waals surface area (Å²) in [6.07, 6.45) is 2.05. The molecule has 0 fully saturated rings. The quantitative estimate of drug-likeness (QED) is 0.223. The maximum absolute atomic E-state index is 6.45. The molecule has 0 saturated heterocycles. The molecule has 0 heterocycles. The predicted molar refractivity (Wildman–Crippen MR) is 155 cm³/mol. The molecule has 0 atom stereocenters. The van der Waals surface area contributed by atoms with Crippen molar-refractivity contribution >= 4 is 48.4 Å². The van der Waals surface area contributed by atoms with Crippen molar-refractivity contribution in [1.29, 1.82) is 0 Å². The molecule has 0 spiro atoms. The van der Waals surface area contributed by atoms with Crippen LogP contribution in [0.1, 0.15) is 0 Å². The SMILES string of the molecule is C[Si](C)(COP(OC[Si](C)(C)c1ccccc1)OC[Si](C)(C)c1ccccc1)c1ccccc1. The molecule has 3 nitrogen and oxygen atoms in total. The van der Waals surface area contributed by atoms with Crippen LogP contribution >= 0.6 is 8.60 Å². The summed E-state index contributed by atoms with van der Waals surface area (Å²) >= 11 is 0. The van der Waals surface area contributed by atoms with Crippen molar-refractivity contribution in [2.45, 2.75) is 39.3 Å².